The largest absolute Gasteiger partial charge is 0.322 e. The highest BCUT2D eigenvalue weighted by Gasteiger charge is 2.36. The molecule has 1 N–H and O–H groups in total. The van der Waals surface area contributed by atoms with Gasteiger partial charge in [0.05, 0.1) is 16.5 Å². The van der Waals surface area contributed by atoms with Gasteiger partial charge < -0.3 is 5.32 Å². The van der Waals surface area contributed by atoms with Crippen LogP contribution in [0, 0.1) is 5.82 Å². The molecule has 0 saturated carbocycles. The summed E-state index contributed by atoms with van der Waals surface area (Å²) in [5.74, 6) is -1.95. The van der Waals surface area contributed by atoms with Crippen molar-refractivity contribution in [1.82, 2.24) is 0 Å². The fraction of sp³-hybridized carbons (Fsp3) is 0.125. The average Bonchev–Trinajstić information content (AvgIpc) is 2.84. The summed E-state index contributed by atoms with van der Waals surface area (Å²) in [6, 6.07) is 9.40. The molecule has 25 heavy (non-hydrogen) atoms. The number of rotatable bonds is 3. The van der Waals surface area contributed by atoms with Crippen LogP contribution in [0.5, 0.6) is 0 Å². The van der Waals surface area contributed by atoms with Crippen molar-refractivity contribution in [1.29, 1.82) is 0 Å². The topological polar surface area (TPSA) is 83.6 Å². The third kappa shape index (κ3) is 3.49. The van der Waals surface area contributed by atoms with Crippen LogP contribution in [0.1, 0.15) is 16.8 Å². The first-order valence-corrected chi connectivity index (χ1v) is 9.19. The Kier molecular flexibility index (Phi) is 4.49. The van der Waals surface area contributed by atoms with E-state index in [1.807, 2.05) is 0 Å². The van der Waals surface area contributed by atoms with Gasteiger partial charge in [-0.2, -0.15) is 0 Å². The van der Waals surface area contributed by atoms with Crippen LogP contribution >= 0.6 is 11.6 Å². The average molecular weight is 383 g/mol. The zero-order chi connectivity index (χ0) is 18.2. The monoisotopic (exact) mass is 382 g/mol. The van der Waals surface area contributed by atoms with Crippen molar-refractivity contribution in [3.05, 3.63) is 58.9 Å². The van der Waals surface area contributed by atoms with E-state index in [0.717, 1.165) is 6.07 Å². The van der Waals surface area contributed by atoms with Crippen LogP contribution in [0.2, 0.25) is 5.02 Å². The minimum atomic E-state index is -3.71. The number of carbonyl (C=O) groups is 2. The van der Waals surface area contributed by atoms with Crippen molar-refractivity contribution in [2.75, 3.05) is 15.4 Å². The van der Waals surface area contributed by atoms with E-state index in [4.69, 9.17) is 11.6 Å². The van der Waals surface area contributed by atoms with Gasteiger partial charge in [-0.05, 0) is 36.4 Å². The predicted octanol–water partition coefficient (Wildman–Crippen LogP) is 2.80. The first-order valence-electron chi connectivity index (χ1n) is 7.20. The minimum absolute atomic E-state index is 0.0904. The molecule has 0 bridgehead atoms. The lowest BCUT2D eigenvalue weighted by molar-refractivity contribution is -0.116. The number of nitrogens with one attached hydrogen (secondary N) is 1. The number of nitrogens with zero attached hydrogens (tertiary/aromatic N) is 1. The van der Waals surface area contributed by atoms with Gasteiger partial charge in [-0.25, -0.2) is 17.1 Å². The van der Waals surface area contributed by atoms with E-state index in [1.165, 1.54) is 36.4 Å². The van der Waals surface area contributed by atoms with E-state index < -0.39 is 27.7 Å². The fourth-order valence-corrected chi connectivity index (χ4v) is 4.05. The second kappa shape index (κ2) is 6.45. The predicted molar refractivity (Wildman–Crippen MR) is 91.7 cm³/mol. The molecule has 1 saturated heterocycles. The molecule has 0 aromatic heterocycles. The Bertz CT molecular complexity index is 978. The number of amides is 2. The molecule has 130 valence electrons. The summed E-state index contributed by atoms with van der Waals surface area (Å²) < 4.78 is 37.8. The highest BCUT2D eigenvalue weighted by atomic mass is 35.5. The highest BCUT2D eigenvalue weighted by molar-refractivity contribution is 7.94. The Labute approximate surface area is 148 Å². The van der Waals surface area contributed by atoms with Crippen molar-refractivity contribution in [2.45, 2.75) is 6.42 Å². The van der Waals surface area contributed by atoms with E-state index in [9.17, 15) is 22.4 Å². The molecule has 1 heterocycles. The SMILES string of the molecule is O=C(Nc1ccc(F)c(Cl)c1)c1cccc(N2C(=O)CCS2(=O)=O)c1. The van der Waals surface area contributed by atoms with E-state index in [2.05, 4.69) is 5.32 Å². The Morgan fingerprint density at radius 3 is 2.60 bits per heavy atom. The molecule has 0 radical (unpaired) electrons. The summed E-state index contributed by atoms with van der Waals surface area (Å²) >= 11 is 5.66. The normalized spacial score (nSPS) is 16.1. The molecule has 1 fully saturated rings. The van der Waals surface area contributed by atoms with Crippen molar-refractivity contribution < 1.29 is 22.4 Å². The number of hydrogen-bond donors (Lipinski definition) is 1. The van der Waals surface area contributed by atoms with Crippen LogP contribution in [-0.4, -0.2) is 26.0 Å². The molecule has 0 atom stereocenters. The Balaban J connectivity index is 1.87. The van der Waals surface area contributed by atoms with E-state index in [0.29, 0.717) is 4.31 Å². The van der Waals surface area contributed by atoms with Gasteiger partial charge in [0, 0.05) is 17.7 Å². The molecule has 9 heteroatoms. The molecule has 6 nitrogen and oxygen atoms in total. The standard InChI is InChI=1S/C16H12ClFN2O4S/c17-13-9-11(4-5-14(13)18)19-16(22)10-2-1-3-12(8-10)20-15(21)6-7-25(20,23)24/h1-5,8-9H,6-7H2,(H,19,22). The smallest absolute Gasteiger partial charge is 0.255 e. The lowest BCUT2D eigenvalue weighted by atomic mass is 10.1. The van der Waals surface area contributed by atoms with Crippen LogP contribution in [0.3, 0.4) is 0 Å². The maximum atomic E-state index is 13.2. The highest BCUT2D eigenvalue weighted by Crippen LogP contribution is 2.26. The summed E-state index contributed by atoms with van der Waals surface area (Å²) in [6.45, 7) is 0. The van der Waals surface area contributed by atoms with Crippen LogP contribution in [0.4, 0.5) is 15.8 Å². The molecular formula is C16H12ClFN2O4S. The lowest BCUT2D eigenvalue weighted by Crippen LogP contribution is -2.29. The number of anilines is 2. The first-order chi connectivity index (χ1) is 11.8. The van der Waals surface area contributed by atoms with Crippen molar-refractivity contribution in [2.24, 2.45) is 0 Å². The van der Waals surface area contributed by atoms with Crippen LogP contribution in [-0.2, 0) is 14.8 Å². The van der Waals surface area contributed by atoms with Gasteiger partial charge in [0.1, 0.15) is 5.82 Å². The molecule has 0 unspecified atom stereocenters. The third-order valence-electron chi connectivity index (χ3n) is 3.60. The van der Waals surface area contributed by atoms with Gasteiger partial charge in [-0.15, -0.1) is 0 Å². The Morgan fingerprint density at radius 1 is 1.20 bits per heavy atom. The summed E-state index contributed by atoms with van der Waals surface area (Å²) in [7, 11) is -3.71. The van der Waals surface area contributed by atoms with Crippen molar-refractivity contribution in [3.63, 3.8) is 0 Å². The third-order valence-corrected chi connectivity index (χ3v) is 5.58. The molecule has 2 amide bonds. The lowest BCUT2D eigenvalue weighted by Gasteiger charge is -2.15. The first kappa shape index (κ1) is 17.4. The minimum Gasteiger partial charge on any atom is -0.322 e. The Morgan fingerprint density at radius 2 is 1.96 bits per heavy atom. The van der Waals surface area contributed by atoms with Crippen molar-refractivity contribution in [3.8, 4) is 0 Å². The van der Waals surface area contributed by atoms with E-state index in [-0.39, 0.29) is 34.1 Å². The second-order valence-corrected chi connectivity index (χ2v) is 7.70. The number of sulfonamides is 1. The summed E-state index contributed by atoms with van der Waals surface area (Å²) in [6.07, 6.45) is -0.0904. The van der Waals surface area contributed by atoms with Crippen LogP contribution in [0.25, 0.3) is 0 Å². The quantitative estimate of drug-likeness (QED) is 0.884. The Hall–Kier alpha value is -2.45. The van der Waals surface area contributed by atoms with Crippen LogP contribution < -0.4 is 9.62 Å². The molecule has 1 aliphatic heterocycles. The van der Waals surface area contributed by atoms with Crippen LogP contribution in [0.15, 0.2) is 42.5 Å². The van der Waals surface area contributed by atoms with Gasteiger partial charge in [-0.1, -0.05) is 17.7 Å². The van der Waals surface area contributed by atoms with Gasteiger partial charge in [0.25, 0.3) is 5.91 Å². The zero-order valence-corrected chi connectivity index (χ0v) is 14.3. The molecular weight excluding hydrogens is 371 g/mol. The molecule has 1 aliphatic rings. The van der Waals surface area contributed by atoms with Gasteiger partial charge in [-0.3, -0.25) is 9.59 Å². The van der Waals surface area contributed by atoms with Gasteiger partial charge in [0.2, 0.25) is 15.9 Å². The maximum absolute atomic E-state index is 13.2. The van der Waals surface area contributed by atoms with E-state index in [1.54, 1.807) is 0 Å². The van der Waals surface area contributed by atoms with Crippen molar-refractivity contribution >= 4 is 44.8 Å². The number of hydrogen-bond acceptors (Lipinski definition) is 4. The number of halogens is 2. The van der Waals surface area contributed by atoms with Gasteiger partial charge >= 0.3 is 0 Å². The molecule has 3 rings (SSSR count). The molecule has 0 aliphatic carbocycles. The fourth-order valence-electron chi connectivity index (χ4n) is 2.42. The number of benzene rings is 2. The number of carbonyl (C=O) groups excluding carboxylic acids is 2. The van der Waals surface area contributed by atoms with Gasteiger partial charge in [0.15, 0.2) is 0 Å². The summed E-state index contributed by atoms with van der Waals surface area (Å²) in [5, 5.41) is 2.39. The summed E-state index contributed by atoms with van der Waals surface area (Å²) in [5.41, 5.74) is 0.534. The second-order valence-electron chi connectivity index (χ2n) is 5.36. The summed E-state index contributed by atoms with van der Waals surface area (Å²) in [4.78, 5) is 24.1. The zero-order valence-electron chi connectivity index (χ0n) is 12.7. The molecule has 0 spiro atoms. The van der Waals surface area contributed by atoms with E-state index >= 15 is 0 Å². The maximum Gasteiger partial charge on any atom is 0.255 e. The molecule has 2 aromatic rings. The molecule has 2 aromatic carbocycles.